The van der Waals surface area contributed by atoms with Crippen LogP contribution in [0.4, 0.5) is 0 Å². The molecule has 5 nitrogen and oxygen atoms in total. The van der Waals surface area contributed by atoms with E-state index < -0.39 is 0 Å². The summed E-state index contributed by atoms with van der Waals surface area (Å²) in [7, 11) is 1.44. The molecule has 4 aliphatic carbocycles. The van der Waals surface area contributed by atoms with Gasteiger partial charge in [0, 0.05) is 18.8 Å². The van der Waals surface area contributed by atoms with Gasteiger partial charge < -0.3 is 9.47 Å². The molecule has 6 heteroatoms. The van der Waals surface area contributed by atoms with E-state index >= 15 is 0 Å². The maximum Gasteiger partial charge on any atom is 0.305 e. The van der Waals surface area contributed by atoms with Crippen LogP contribution in [0.1, 0.15) is 85.5 Å². The van der Waals surface area contributed by atoms with Crippen LogP contribution in [0, 0.1) is 46.3 Å². The fraction of sp³-hybridized carbons (Fsp3) is 0.889. The van der Waals surface area contributed by atoms with Gasteiger partial charge in [-0.25, -0.2) is 0 Å². The molecule has 4 saturated carbocycles. The average molecular weight is 526 g/mol. The number of methoxy groups -OCH3 is 1. The first-order valence-electron chi connectivity index (χ1n) is 13.0. The van der Waals surface area contributed by atoms with Crippen LogP contribution in [0.2, 0.25) is 0 Å². The molecule has 0 bridgehead atoms. The summed E-state index contributed by atoms with van der Waals surface area (Å²) in [5, 5.41) is 0. The number of ketones is 1. The van der Waals surface area contributed by atoms with Gasteiger partial charge in [-0.2, -0.15) is 0 Å². The number of esters is 2. The number of alkyl halides is 1. The molecule has 0 aromatic carbocycles. The lowest BCUT2D eigenvalue weighted by atomic mass is 9.44. The minimum absolute atomic E-state index is 0.0296. The summed E-state index contributed by atoms with van der Waals surface area (Å²) >= 11 is 3.96. The summed E-state index contributed by atoms with van der Waals surface area (Å²) in [6.07, 6.45) is 8.62. The molecule has 33 heavy (non-hydrogen) atoms. The number of halogens is 1. The Labute approximate surface area is 207 Å². The van der Waals surface area contributed by atoms with Crippen molar-refractivity contribution >= 4 is 33.7 Å². The highest BCUT2D eigenvalue weighted by Gasteiger charge is 2.66. The van der Waals surface area contributed by atoms with Crippen LogP contribution in [0.15, 0.2) is 0 Å². The standard InChI is InChI=1S/C27H41BrO5/c1-15(6-11-22(30)32-5)20-9-10-21-19-8-7-17-14-18(33-16(2)29)12-13-26(17,3)23(19)24(28)25(31)27(20,21)4/h15,17-21,23-24H,6-14H2,1-5H3/t15-,17-,18+,19-,20+,21-,23+,24-,26-,27+/m0/s1. The predicted octanol–water partition coefficient (Wildman–Crippen LogP) is 5.72. The summed E-state index contributed by atoms with van der Waals surface area (Å²) < 4.78 is 10.4. The summed E-state index contributed by atoms with van der Waals surface area (Å²) in [4.78, 5) is 37.2. The molecular weight excluding hydrogens is 484 g/mol. The van der Waals surface area contributed by atoms with Crippen molar-refractivity contribution in [2.75, 3.05) is 7.11 Å². The summed E-state index contributed by atoms with van der Waals surface area (Å²) in [5.74, 6) is 2.54. The molecule has 0 aliphatic heterocycles. The molecule has 0 radical (unpaired) electrons. The third-order valence-corrected chi connectivity index (χ3v) is 11.5. The van der Waals surface area contributed by atoms with E-state index in [4.69, 9.17) is 9.47 Å². The monoisotopic (exact) mass is 524 g/mol. The van der Waals surface area contributed by atoms with Gasteiger partial charge in [0.2, 0.25) is 0 Å². The van der Waals surface area contributed by atoms with E-state index in [0.29, 0.717) is 47.7 Å². The Morgan fingerprint density at radius 1 is 1.15 bits per heavy atom. The molecular formula is C27H41BrO5. The second-order valence-electron chi connectivity index (χ2n) is 11.9. The predicted molar refractivity (Wildman–Crippen MR) is 130 cm³/mol. The van der Waals surface area contributed by atoms with E-state index in [9.17, 15) is 14.4 Å². The molecule has 4 aliphatic rings. The van der Waals surface area contributed by atoms with E-state index in [1.807, 2.05) is 0 Å². The summed E-state index contributed by atoms with van der Waals surface area (Å²) in [6, 6.07) is 0. The number of ether oxygens (including phenoxy) is 2. The summed E-state index contributed by atoms with van der Waals surface area (Å²) in [5.41, 5.74) is -0.206. The molecule has 186 valence electrons. The minimum atomic E-state index is -0.316. The Bertz CT molecular complexity index is 797. The van der Waals surface area contributed by atoms with E-state index in [2.05, 4.69) is 36.7 Å². The van der Waals surface area contributed by atoms with E-state index in [0.717, 1.165) is 44.9 Å². The van der Waals surface area contributed by atoms with Crippen LogP contribution < -0.4 is 0 Å². The van der Waals surface area contributed by atoms with Crippen molar-refractivity contribution in [2.24, 2.45) is 46.3 Å². The topological polar surface area (TPSA) is 69.7 Å². The van der Waals surface area contributed by atoms with Gasteiger partial charge in [-0.1, -0.05) is 36.7 Å². The first kappa shape index (κ1) is 25.2. The van der Waals surface area contributed by atoms with Crippen molar-refractivity contribution in [3.8, 4) is 0 Å². The Kier molecular flexibility index (Phi) is 7.08. The molecule has 0 spiro atoms. The highest BCUT2D eigenvalue weighted by atomic mass is 79.9. The van der Waals surface area contributed by atoms with Crippen molar-refractivity contribution in [1.29, 1.82) is 0 Å². The zero-order valence-corrected chi connectivity index (χ0v) is 22.5. The van der Waals surface area contributed by atoms with Gasteiger partial charge >= 0.3 is 11.9 Å². The van der Waals surface area contributed by atoms with Crippen molar-refractivity contribution in [3.05, 3.63) is 0 Å². The van der Waals surface area contributed by atoms with Gasteiger partial charge in [0.1, 0.15) is 6.10 Å². The van der Waals surface area contributed by atoms with Crippen molar-refractivity contribution in [3.63, 3.8) is 0 Å². The van der Waals surface area contributed by atoms with Gasteiger partial charge in [0.05, 0.1) is 11.9 Å². The number of fused-ring (bicyclic) bond motifs is 5. The Morgan fingerprint density at radius 2 is 1.88 bits per heavy atom. The highest BCUT2D eigenvalue weighted by molar-refractivity contribution is 9.10. The van der Waals surface area contributed by atoms with E-state index in [1.54, 1.807) is 0 Å². The lowest BCUT2D eigenvalue weighted by Gasteiger charge is -2.62. The number of hydrogen-bond acceptors (Lipinski definition) is 5. The molecule has 0 N–H and O–H groups in total. The zero-order valence-electron chi connectivity index (χ0n) is 20.9. The third kappa shape index (κ3) is 4.10. The van der Waals surface area contributed by atoms with Crippen LogP contribution in [-0.2, 0) is 23.9 Å². The Hall–Kier alpha value is -0.910. The Balaban J connectivity index is 1.55. The van der Waals surface area contributed by atoms with Gasteiger partial charge in [-0.05, 0) is 92.3 Å². The lowest BCUT2D eigenvalue weighted by Crippen LogP contribution is -2.62. The van der Waals surface area contributed by atoms with E-state index in [1.165, 1.54) is 20.5 Å². The molecule has 10 atom stereocenters. The number of Topliss-reactive ketones (excluding diaryl/α,β-unsaturated/α-hetero) is 1. The molecule has 0 saturated heterocycles. The quantitative estimate of drug-likeness (QED) is 0.339. The first-order chi connectivity index (χ1) is 15.5. The third-order valence-electron chi connectivity index (χ3n) is 10.5. The number of rotatable bonds is 5. The Morgan fingerprint density at radius 3 is 2.55 bits per heavy atom. The molecule has 0 heterocycles. The van der Waals surface area contributed by atoms with Crippen molar-refractivity contribution in [1.82, 2.24) is 0 Å². The fourth-order valence-corrected chi connectivity index (χ4v) is 10.4. The van der Waals surface area contributed by atoms with Crippen molar-refractivity contribution < 1.29 is 23.9 Å². The largest absolute Gasteiger partial charge is 0.469 e. The van der Waals surface area contributed by atoms with Crippen molar-refractivity contribution in [2.45, 2.75) is 96.4 Å². The maximum atomic E-state index is 14.1. The highest BCUT2D eigenvalue weighted by Crippen LogP contribution is 2.68. The van der Waals surface area contributed by atoms with E-state index in [-0.39, 0.29) is 33.7 Å². The normalized spacial score (nSPS) is 45.4. The summed E-state index contributed by atoms with van der Waals surface area (Å²) in [6.45, 7) is 8.37. The molecule has 0 unspecified atom stereocenters. The molecule has 4 fully saturated rings. The van der Waals surface area contributed by atoms with Crippen LogP contribution in [-0.4, -0.2) is 35.8 Å². The molecule has 0 amide bonds. The van der Waals surface area contributed by atoms with Crippen LogP contribution >= 0.6 is 15.9 Å². The second-order valence-corrected chi connectivity index (χ2v) is 12.9. The maximum absolute atomic E-state index is 14.1. The lowest BCUT2D eigenvalue weighted by molar-refractivity contribution is -0.165. The molecule has 0 aromatic heterocycles. The second kappa shape index (κ2) is 9.28. The number of hydrogen-bond donors (Lipinski definition) is 0. The zero-order chi connectivity index (χ0) is 24.1. The van der Waals surface area contributed by atoms with Crippen LogP contribution in [0.3, 0.4) is 0 Å². The van der Waals surface area contributed by atoms with Crippen LogP contribution in [0.5, 0.6) is 0 Å². The first-order valence-corrected chi connectivity index (χ1v) is 13.9. The minimum Gasteiger partial charge on any atom is -0.469 e. The number of carbonyl (C=O) groups is 3. The molecule has 0 aromatic rings. The van der Waals surface area contributed by atoms with Gasteiger partial charge in [0.15, 0.2) is 5.78 Å². The smallest absolute Gasteiger partial charge is 0.305 e. The van der Waals surface area contributed by atoms with Gasteiger partial charge in [-0.3, -0.25) is 14.4 Å². The molecule has 4 rings (SSSR count). The van der Waals surface area contributed by atoms with Crippen LogP contribution in [0.25, 0.3) is 0 Å². The van der Waals surface area contributed by atoms with Gasteiger partial charge in [0.25, 0.3) is 0 Å². The number of carbonyl (C=O) groups excluding carboxylic acids is 3. The van der Waals surface area contributed by atoms with Gasteiger partial charge in [-0.15, -0.1) is 0 Å². The average Bonchev–Trinajstić information content (AvgIpc) is 3.13. The fourth-order valence-electron chi connectivity index (χ4n) is 8.92. The SMILES string of the molecule is COC(=O)CC[C@H](C)[C@H]1CC[C@H]2[C@@H]3CC[C@H]4C[C@H](OC(C)=O)CC[C@]4(C)[C@H]3[C@H](Br)C(=O)[C@]12C.